The largest absolute Gasteiger partial charge is 0.496 e. The average molecular weight is 325 g/mol. The molecule has 1 aliphatic heterocycles. The van der Waals surface area contributed by atoms with Crippen LogP contribution < -0.4 is 10.1 Å². The highest BCUT2D eigenvalue weighted by Gasteiger charge is 2.46. The van der Waals surface area contributed by atoms with Gasteiger partial charge in [0.15, 0.2) is 0 Å². The topological polar surface area (TPSA) is 71.0 Å². The molecule has 1 aliphatic rings. The molecule has 0 unspecified atom stereocenters. The number of hydrogen-bond donors (Lipinski definition) is 1. The molecule has 1 N–H and O–H groups in total. The molecule has 124 valence electrons. The molecular formula is C18H19N3O3. The first-order valence-electron chi connectivity index (χ1n) is 7.76. The molecule has 6 heteroatoms. The maximum absolute atomic E-state index is 12.4. The van der Waals surface area contributed by atoms with Crippen LogP contribution >= 0.6 is 0 Å². The quantitative estimate of drug-likeness (QED) is 0.694. The molecule has 24 heavy (non-hydrogen) atoms. The van der Waals surface area contributed by atoms with Crippen molar-refractivity contribution in [1.82, 2.24) is 10.3 Å². The highest BCUT2D eigenvalue weighted by molar-refractivity contribution is 6.08. The first-order valence-corrected chi connectivity index (χ1v) is 7.76. The number of urea groups is 1. The molecule has 0 radical (unpaired) electrons. The van der Waals surface area contributed by atoms with Crippen LogP contribution in [-0.2, 0) is 4.79 Å². The fourth-order valence-corrected chi connectivity index (χ4v) is 2.72. The van der Waals surface area contributed by atoms with Crippen molar-refractivity contribution in [2.24, 2.45) is 5.10 Å². The van der Waals surface area contributed by atoms with Gasteiger partial charge in [-0.3, -0.25) is 4.79 Å². The molecular weight excluding hydrogens is 306 g/mol. The lowest BCUT2D eigenvalue weighted by molar-refractivity contribution is -0.130. The molecule has 0 aliphatic carbocycles. The van der Waals surface area contributed by atoms with E-state index in [0.29, 0.717) is 12.2 Å². The number of fused-ring (bicyclic) bond motifs is 1. The van der Waals surface area contributed by atoms with Gasteiger partial charge in [0.25, 0.3) is 5.91 Å². The SMILES string of the molecule is CC[C@@]1(C)NC(=O)N(N=Cc2c(OC)ccc3ccccc23)C1=O. The van der Waals surface area contributed by atoms with Crippen molar-refractivity contribution in [2.45, 2.75) is 25.8 Å². The second kappa shape index (κ2) is 5.96. The average Bonchev–Trinajstić information content (AvgIpc) is 2.82. The van der Waals surface area contributed by atoms with E-state index in [1.165, 1.54) is 6.21 Å². The van der Waals surface area contributed by atoms with Crippen LogP contribution in [0, 0.1) is 0 Å². The Kier molecular flexibility index (Phi) is 3.97. The van der Waals surface area contributed by atoms with Crippen molar-refractivity contribution in [2.75, 3.05) is 7.11 Å². The Balaban J connectivity index is 2.02. The third-order valence-electron chi connectivity index (χ3n) is 4.40. The van der Waals surface area contributed by atoms with Crippen molar-refractivity contribution in [3.63, 3.8) is 0 Å². The van der Waals surface area contributed by atoms with Gasteiger partial charge in [-0.1, -0.05) is 37.3 Å². The Bertz CT molecular complexity index is 847. The van der Waals surface area contributed by atoms with E-state index in [4.69, 9.17) is 4.74 Å². The maximum atomic E-state index is 12.4. The molecule has 2 aromatic carbocycles. The van der Waals surface area contributed by atoms with Crippen LogP contribution in [0.1, 0.15) is 25.8 Å². The fraction of sp³-hybridized carbons (Fsp3) is 0.278. The number of imide groups is 1. The lowest BCUT2D eigenvalue weighted by Gasteiger charge is -2.17. The van der Waals surface area contributed by atoms with Crippen molar-refractivity contribution in [1.29, 1.82) is 0 Å². The summed E-state index contributed by atoms with van der Waals surface area (Å²) in [5, 5.41) is 9.64. The minimum atomic E-state index is -0.905. The number of carbonyl (C=O) groups is 2. The second-order valence-corrected chi connectivity index (χ2v) is 5.88. The molecule has 1 saturated heterocycles. The van der Waals surface area contributed by atoms with E-state index in [1.54, 1.807) is 14.0 Å². The van der Waals surface area contributed by atoms with E-state index >= 15 is 0 Å². The number of ether oxygens (including phenoxy) is 1. The Labute approximate surface area is 140 Å². The number of amides is 3. The predicted octanol–water partition coefficient (Wildman–Crippen LogP) is 2.90. The monoisotopic (exact) mass is 325 g/mol. The summed E-state index contributed by atoms with van der Waals surface area (Å²) >= 11 is 0. The van der Waals surface area contributed by atoms with E-state index in [-0.39, 0.29) is 5.91 Å². The highest BCUT2D eigenvalue weighted by Crippen LogP contribution is 2.27. The van der Waals surface area contributed by atoms with Gasteiger partial charge in [0.2, 0.25) is 0 Å². The van der Waals surface area contributed by atoms with Crippen LogP contribution in [0.3, 0.4) is 0 Å². The van der Waals surface area contributed by atoms with Crippen molar-refractivity contribution in [3.05, 3.63) is 42.0 Å². The van der Waals surface area contributed by atoms with E-state index < -0.39 is 11.6 Å². The summed E-state index contributed by atoms with van der Waals surface area (Å²) in [7, 11) is 1.57. The number of methoxy groups -OCH3 is 1. The summed E-state index contributed by atoms with van der Waals surface area (Å²) in [5.74, 6) is 0.271. The molecule has 1 fully saturated rings. The summed E-state index contributed by atoms with van der Waals surface area (Å²) in [6, 6.07) is 11.1. The molecule has 0 aromatic heterocycles. The molecule has 3 rings (SSSR count). The van der Waals surface area contributed by atoms with Gasteiger partial charge in [-0.2, -0.15) is 5.10 Å². The normalized spacial score (nSPS) is 20.9. The van der Waals surface area contributed by atoms with Crippen LogP contribution in [0.4, 0.5) is 4.79 Å². The minimum absolute atomic E-state index is 0.356. The number of nitrogens with zero attached hydrogens (tertiary/aromatic N) is 2. The van der Waals surface area contributed by atoms with Crippen LogP contribution in [-0.4, -0.2) is 35.8 Å². The van der Waals surface area contributed by atoms with Gasteiger partial charge in [0.05, 0.1) is 13.3 Å². The van der Waals surface area contributed by atoms with E-state index in [0.717, 1.165) is 21.3 Å². The number of hydrazone groups is 1. The first-order chi connectivity index (χ1) is 11.5. The van der Waals surface area contributed by atoms with Crippen molar-refractivity contribution >= 4 is 28.9 Å². The Morgan fingerprint density at radius 1 is 1.25 bits per heavy atom. The molecule has 6 nitrogen and oxygen atoms in total. The molecule has 3 amide bonds. The van der Waals surface area contributed by atoms with E-state index in [9.17, 15) is 9.59 Å². The lowest BCUT2D eigenvalue weighted by atomic mass is 10.00. The van der Waals surface area contributed by atoms with Gasteiger partial charge in [0.1, 0.15) is 11.3 Å². The Hall–Kier alpha value is -2.89. The van der Waals surface area contributed by atoms with Crippen LogP contribution in [0.2, 0.25) is 0 Å². The molecule has 2 aromatic rings. The Morgan fingerprint density at radius 3 is 2.67 bits per heavy atom. The van der Waals surface area contributed by atoms with Crippen molar-refractivity contribution in [3.8, 4) is 5.75 Å². The summed E-state index contributed by atoms with van der Waals surface area (Å²) in [6.45, 7) is 3.54. The van der Waals surface area contributed by atoms with Crippen LogP contribution in [0.5, 0.6) is 5.75 Å². The maximum Gasteiger partial charge on any atom is 0.346 e. The number of benzene rings is 2. The van der Waals surface area contributed by atoms with Crippen LogP contribution in [0.15, 0.2) is 41.5 Å². The van der Waals surface area contributed by atoms with Crippen LogP contribution in [0.25, 0.3) is 10.8 Å². The molecule has 1 atom stereocenters. The predicted molar refractivity (Wildman–Crippen MR) is 92.2 cm³/mol. The zero-order valence-corrected chi connectivity index (χ0v) is 13.9. The summed E-state index contributed by atoms with van der Waals surface area (Å²) in [5.41, 5.74) is -0.182. The first kappa shape index (κ1) is 16.0. The zero-order valence-electron chi connectivity index (χ0n) is 13.9. The zero-order chi connectivity index (χ0) is 17.3. The molecule has 0 saturated carbocycles. The smallest absolute Gasteiger partial charge is 0.346 e. The number of carbonyl (C=O) groups excluding carboxylic acids is 2. The number of nitrogens with one attached hydrogen (secondary N) is 1. The van der Waals surface area contributed by atoms with E-state index in [1.807, 2.05) is 43.3 Å². The van der Waals surface area contributed by atoms with Gasteiger partial charge < -0.3 is 10.1 Å². The third kappa shape index (κ3) is 2.50. The van der Waals surface area contributed by atoms with Crippen molar-refractivity contribution < 1.29 is 14.3 Å². The standard InChI is InChI=1S/C18H19N3O3/c1-4-18(2)16(22)21(17(23)20-18)19-11-14-13-8-6-5-7-12(13)9-10-15(14)24-3/h5-11H,4H2,1-3H3,(H,20,23)/t18-/m1/s1. The molecule has 0 bridgehead atoms. The van der Waals surface area contributed by atoms with Gasteiger partial charge in [-0.25, -0.2) is 4.79 Å². The van der Waals surface area contributed by atoms with Gasteiger partial charge in [0, 0.05) is 5.56 Å². The summed E-state index contributed by atoms with van der Waals surface area (Å²) < 4.78 is 5.39. The fourth-order valence-electron chi connectivity index (χ4n) is 2.72. The summed E-state index contributed by atoms with van der Waals surface area (Å²) in [6.07, 6.45) is 2.00. The second-order valence-electron chi connectivity index (χ2n) is 5.88. The van der Waals surface area contributed by atoms with E-state index in [2.05, 4.69) is 10.4 Å². The third-order valence-corrected chi connectivity index (χ3v) is 4.40. The molecule has 0 spiro atoms. The number of rotatable bonds is 4. The van der Waals surface area contributed by atoms with Gasteiger partial charge in [-0.15, -0.1) is 5.01 Å². The summed E-state index contributed by atoms with van der Waals surface area (Å²) in [4.78, 5) is 24.5. The Morgan fingerprint density at radius 2 is 2.00 bits per heavy atom. The van der Waals surface area contributed by atoms with Gasteiger partial charge >= 0.3 is 6.03 Å². The molecule has 1 heterocycles. The minimum Gasteiger partial charge on any atom is -0.496 e. The highest BCUT2D eigenvalue weighted by atomic mass is 16.5. The lowest BCUT2D eigenvalue weighted by Crippen LogP contribution is -2.42. The number of hydrogen-bond acceptors (Lipinski definition) is 4. The van der Waals surface area contributed by atoms with Gasteiger partial charge in [-0.05, 0) is 30.2 Å².